The first kappa shape index (κ1) is 17.0. The highest BCUT2D eigenvalue weighted by Crippen LogP contribution is 2.35. The second-order valence-corrected chi connectivity index (χ2v) is 5.72. The molecule has 1 unspecified atom stereocenters. The molecule has 3 heteroatoms. The lowest BCUT2D eigenvalue weighted by atomic mass is 9.81. The summed E-state index contributed by atoms with van der Waals surface area (Å²) in [4.78, 5) is 0. The summed E-state index contributed by atoms with van der Waals surface area (Å²) in [6, 6.07) is 2.16. The van der Waals surface area contributed by atoms with Crippen molar-refractivity contribution >= 4 is 0 Å². The van der Waals surface area contributed by atoms with Crippen molar-refractivity contribution < 1.29 is 4.74 Å². The molecule has 0 aliphatic rings. The monoisotopic (exact) mass is 278 g/mol. The second-order valence-electron chi connectivity index (χ2n) is 5.72. The van der Waals surface area contributed by atoms with Gasteiger partial charge in [0.15, 0.2) is 0 Å². The van der Waals surface area contributed by atoms with Crippen LogP contribution in [0.5, 0.6) is 5.75 Å². The molecule has 4 N–H and O–H groups in total. The van der Waals surface area contributed by atoms with Crippen molar-refractivity contribution in [3.05, 3.63) is 28.3 Å². The molecule has 20 heavy (non-hydrogen) atoms. The van der Waals surface area contributed by atoms with Crippen LogP contribution in [0.2, 0.25) is 0 Å². The van der Waals surface area contributed by atoms with Crippen LogP contribution < -0.4 is 16.2 Å². The maximum Gasteiger partial charge on any atom is 0.122 e. The fourth-order valence-electron chi connectivity index (χ4n) is 2.87. The summed E-state index contributed by atoms with van der Waals surface area (Å²) < 4.78 is 5.85. The van der Waals surface area contributed by atoms with Crippen molar-refractivity contribution in [2.75, 3.05) is 19.7 Å². The molecule has 0 spiro atoms. The summed E-state index contributed by atoms with van der Waals surface area (Å²) in [5, 5.41) is 0. The largest absolute Gasteiger partial charge is 0.493 e. The number of hydrogen-bond acceptors (Lipinski definition) is 3. The molecule has 0 heterocycles. The molecule has 1 aromatic rings. The van der Waals surface area contributed by atoms with Crippen molar-refractivity contribution in [2.24, 2.45) is 17.4 Å². The van der Waals surface area contributed by atoms with Gasteiger partial charge in [0.05, 0.1) is 6.61 Å². The minimum absolute atomic E-state index is 0.328. The van der Waals surface area contributed by atoms with Gasteiger partial charge in [-0.05, 0) is 80.4 Å². The van der Waals surface area contributed by atoms with E-state index < -0.39 is 0 Å². The fraction of sp³-hybridized carbons (Fsp3) is 0.647. The van der Waals surface area contributed by atoms with Gasteiger partial charge < -0.3 is 16.2 Å². The summed E-state index contributed by atoms with van der Waals surface area (Å²) in [6.45, 7) is 12.8. The van der Waals surface area contributed by atoms with Crippen molar-refractivity contribution in [3.8, 4) is 5.75 Å². The minimum Gasteiger partial charge on any atom is -0.493 e. The van der Waals surface area contributed by atoms with E-state index in [-0.39, 0.29) is 0 Å². The highest BCUT2D eigenvalue weighted by molar-refractivity contribution is 5.49. The van der Waals surface area contributed by atoms with E-state index in [1.165, 1.54) is 22.3 Å². The van der Waals surface area contributed by atoms with Crippen LogP contribution in [0, 0.1) is 26.7 Å². The Morgan fingerprint density at radius 2 is 1.70 bits per heavy atom. The Morgan fingerprint density at radius 3 is 2.20 bits per heavy atom. The lowest BCUT2D eigenvalue weighted by Crippen LogP contribution is -2.28. The van der Waals surface area contributed by atoms with E-state index in [4.69, 9.17) is 16.2 Å². The number of aryl methyl sites for hydroxylation is 1. The molecule has 0 aliphatic heterocycles. The van der Waals surface area contributed by atoms with Gasteiger partial charge in [-0.25, -0.2) is 0 Å². The quantitative estimate of drug-likeness (QED) is 0.806. The minimum atomic E-state index is 0.328. The molecule has 0 bridgehead atoms. The Morgan fingerprint density at radius 1 is 1.10 bits per heavy atom. The first-order valence-corrected chi connectivity index (χ1v) is 7.61. The van der Waals surface area contributed by atoms with Crippen molar-refractivity contribution in [1.82, 2.24) is 0 Å². The van der Waals surface area contributed by atoms with Gasteiger partial charge in [0.1, 0.15) is 5.75 Å². The molecule has 0 radical (unpaired) electrons. The lowest BCUT2D eigenvalue weighted by Gasteiger charge is -2.26. The fourth-order valence-corrected chi connectivity index (χ4v) is 2.87. The molecule has 0 saturated carbocycles. The maximum absolute atomic E-state index is 5.85. The molecule has 0 amide bonds. The van der Waals surface area contributed by atoms with E-state index in [0.717, 1.165) is 18.8 Å². The Bertz CT molecular complexity index is 439. The standard InChI is InChI=1S/C17H30N2O/c1-6-7-20-16-8-11(2)17(13(4)12(16)3)14(5)15(9-18)10-19/h8,14-15H,6-7,9-10,18-19H2,1-5H3. The van der Waals surface area contributed by atoms with Crippen LogP contribution >= 0.6 is 0 Å². The summed E-state index contributed by atoms with van der Waals surface area (Å²) in [7, 11) is 0. The number of hydrogen-bond donors (Lipinski definition) is 2. The molecule has 0 saturated heterocycles. The zero-order valence-electron chi connectivity index (χ0n) is 13.6. The van der Waals surface area contributed by atoms with Crippen LogP contribution in [0.25, 0.3) is 0 Å². The van der Waals surface area contributed by atoms with Gasteiger partial charge in [-0.3, -0.25) is 0 Å². The van der Waals surface area contributed by atoms with Crippen molar-refractivity contribution in [3.63, 3.8) is 0 Å². The summed E-state index contributed by atoms with van der Waals surface area (Å²) in [5.74, 6) is 1.72. The normalized spacial score (nSPS) is 12.8. The van der Waals surface area contributed by atoms with Crippen LogP contribution in [0.15, 0.2) is 6.07 Å². The molecular formula is C17H30N2O. The number of nitrogens with two attached hydrogens (primary N) is 2. The SMILES string of the molecule is CCCOc1cc(C)c(C(C)C(CN)CN)c(C)c1C. The molecule has 0 fully saturated rings. The van der Waals surface area contributed by atoms with Gasteiger partial charge in [-0.2, -0.15) is 0 Å². The molecule has 1 aromatic carbocycles. The Hall–Kier alpha value is -1.06. The molecular weight excluding hydrogens is 248 g/mol. The number of benzene rings is 1. The maximum atomic E-state index is 5.85. The number of rotatable bonds is 7. The van der Waals surface area contributed by atoms with Crippen LogP contribution in [0.4, 0.5) is 0 Å². The molecule has 0 aliphatic carbocycles. The second kappa shape index (κ2) is 7.65. The first-order chi connectivity index (χ1) is 9.47. The topological polar surface area (TPSA) is 61.3 Å². The van der Waals surface area contributed by atoms with Gasteiger partial charge in [0.2, 0.25) is 0 Å². The van der Waals surface area contributed by atoms with E-state index >= 15 is 0 Å². The van der Waals surface area contributed by atoms with Crippen LogP contribution in [-0.2, 0) is 0 Å². The van der Waals surface area contributed by atoms with Crippen LogP contribution in [0.1, 0.15) is 48.4 Å². The Kier molecular flexibility index (Phi) is 6.50. The van der Waals surface area contributed by atoms with Gasteiger partial charge >= 0.3 is 0 Å². The van der Waals surface area contributed by atoms with E-state index in [1.807, 2.05) is 0 Å². The molecule has 114 valence electrons. The summed E-state index contributed by atoms with van der Waals surface area (Å²) in [6.07, 6.45) is 1.03. The van der Waals surface area contributed by atoms with Gasteiger partial charge in [0, 0.05) is 0 Å². The zero-order chi connectivity index (χ0) is 15.3. The van der Waals surface area contributed by atoms with Gasteiger partial charge in [-0.1, -0.05) is 13.8 Å². The van der Waals surface area contributed by atoms with Gasteiger partial charge in [0.25, 0.3) is 0 Å². The first-order valence-electron chi connectivity index (χ1n) is 7.61. The third-order valence-corrected chi connectivity index (χ3v) is 4.34. The highest BCUT2D eigenvalue weighted by atomic mass is 16.5. The third kappa shape index (κ3) is 3.53. The number of ether oxygens (including phenoxy) is 1. The predicted octanol–water partition coefficient (Wildman–Crippen LogP) is 3.04. The van der Waals surface area contributed by atoms with E-state index in [1.54, 1.807) is 0 Å². The van der Waals surface area contributed by atoms with Crippen molar-refractivity contribution in [2.45, 2.75) is 47.0 Å². The lowest BCUT2D eigenvalue weighted by molar-refractivity contribution is 0.314. The Labute approximate surface area is 123 Å². The average Bonchev–Trinajstić information content (AvgIpc) is 2.42. The molecule has 3 nitrogen and oxygen atoms in total. The van der Waals surface area contributed by atoms with Crippen molar-refractivity contribution in [1.29, 1.82) is 0 Å². The highest BCUT2D eigenvalue weighted by Gasteiger charge is 2.22. The Balaban J connectivity index is 3.19. The smallest absolute Gasteiger partial charge is 0.122 e. The zero-order valence-corrected chi connectivity index (χ0v) is 13.6. The molecule has 0 aromatic heterocycles. The third-order valence-electron chi connectivity index (χ3n) is 4.34. The predicted molar refractivity (Wildman–Crippen MR) is 86.5 cm³/mol. The van der Waals surface area contributed by atoms with E-state index in [0.29, 0.717) is 24.9 Å². The van der Waals surface area contributed by atoms with E-state index in [2.05, 4.69) is 40.7 Å². The van der Waals surface area contributed by atoms with E-state index in [9.17, 15) is 0 Å². The van der Waals surface area contributed by atoms with Crippen LogP contribution in [-0.4, -0.2) is 19.7 Å². The van der Waals surface area contributed by atoms with Gasteiger partial charge in [-0.15, -0.1) is 0 Å². The summed E-state index contributed by atoms with van der Waals surface area (Å²) >= 11 is 0. The summed E-state index contributed by atoms with van der Waals surface area (Å²) in [5.41, 5.74) is 16.9. The van der Waals surface area contributed by atoms with Crippen LogP contribution in [0.3, 0.4) is 0 Å². The molecule has 1 rings (SSSR count). The molecule has 1 atom stereocenters. The average molecular weight is 278 g/mol.